The third-order valence-electron chi connectivity index (χ3n) is 6.00. The van der Waals surface area contributed by atoms with Crippen molar-refractivity contribution < 1.29 is 23.7 Å². The van der Waals surface area contributed by atoms with Gasteiger partial charge in [0.1, 0.15) is 17.9 Å². The molecule has 1 aromatic carbocycles. The first-order valence-corrected chi connectivity index (χ1v) is 11.9. The van der Waals surface area contributed by atoms with Gasteiger partial charge in [-0.2, -0.15) is 0 Å². The zero-order valence-corrected chi connectivity index (χ0v) is 19.5. The number of carbonyl (C=O) groups is 1. The highest BCUT2D eigenvalue weighted by atomic mass is 16.5. The second-order valence-corrected chi connectivity index (χ2v) is 9.35. The largest absolute Gasteiger partial charge is 0.493 e. The van der Waals surface area contributed by atoms with E-state index in [4.69, 9.17) is 18.9 Å². The van der Waals surface area contributed by atoms with E-state index in [-0.39, 0.29) is 23.8 Å². The summed E-state index contributed by atoms with van der Waals surface area (Å²) in [6.07, 6.45) is 4.15. The highest BCUT2D eigenvalue weighted by Crippen LogP contribution is 2.31. The zero-order chi connectivity index (χ0) is 22.5. The number of ether oxygens (including phenoxy) is 4. The van der Waals surface area contributed by atoms with Gasteiger partial charge in [-0.15, -0.1) is 0 Å². The van der Waals surface area contributed by atoms with Gasteiger partial charge in [-0.05, 0) is 42.5 Å². The molecule has 0 amide bonds. The van der Waals surface area contributed by atoms with Crippen LogP contribution >= 0.6 is 0 Å². The molecule has 7 nitrogen and oxygen atoms in total. The summed E-state index contributed by atoms with van der Waals surface area (Å²) in [6.45, 7) is 10.3. The van der Waals surface area contributed by atoms with Crippen molar-refractivity contribution in [3.63, 3.8) is 0 Å². The molecule has 176 valence electrons. The molecule has 0 aromatic heterocycles. The number of carbonyl (C=O) groups excluding carboxylic acids is 1. The number of nitrogens with zero attached hydrogens (tertiary/aromatic N) is 1. The van der Waals surface area contributed by atoms with Crippen LogP contribution in [-0.4, -0.2) is 55.9 Å². The molecule has 3 heterocycles. The fourth-order valence-electron chi connectivity index (χ4n) is 4.36. The van der Waals surface area contributed by atoms with Gasteiger partial charge >= 0.3 is 0 Å². The van der Waals surface area contributed by atoms with E-state index in [1.165, 1.54) is 0 Å². The molecule has 0 aliphatic carbocycles. The summed E-state index contributed by atoms with van der Waals surface area (Å²) < 4.78 is 23.3. The maximum absolute atomic E-state index is 13.0. The number of benzene rings is 1. The van der Waals surface area contributed by atoms with E-state index in [1.54, 1.807) is 0 Å². The summed E-state index contributed by atoms with van der Waals surface area (Å²) in [4.78, 5) is 13.0. The Morgan fingerprint density at radius 3 is 3.00 bits per heavy atom. The van der Waals surface area contributed by atoms with Crippen LogP contribution in [0.5, 0.6) is 5.75 Å². The number of hydrogen-bond donors (Lipinski definition) is 1. The van der Waals surface area contributed by atoms with E-state index < -0.39 is 0 Å². The monoisotopic (exact) mass is 444 g/mol. The minimum absolute atomic E-state index is 0.0426. The molecule has 1 saturated heterocycles. The number of rotatable bonds is 10. The Labute approximate surface area is 191 Å². The molecule has 0 spiro atoms. The van der Waals surface area contributed by atoms with Crippen LogP contribution in [0.25, 0.3) is 0 Å². The van der Waals surface area contributed by atoms with E-state index in [9.17, 15) is 4.79 Å². The maximum atomic E-state index is 13.0. The molecular formula is C25H36N2O5. The Bertz CT molecular complexity index is 825. The summed E-state index contributed by atoms with van der Waals surface area (Å²) in [5, 5.41) is 1.95. The predicted molar refractivity (Wildman–Crippen MR) is 121 cm³/mol. The van der Waals surface area contributed by atoms with Crippen LogP contribution in [0.2, 0.25) is 0 Å². The summed E-state index contributed by atoms with van der Waals surface area (Å²) in [5.41, 5.74) is 5.60. The van der Waals surface area contributed by atoms with Crippen LogP contribution in [-0.2, 0) is 32.0 Å². The van der Waals surface area contributed by atoms with Crippen LogP contribution in [0.15, 0.2) is 30.2 Å². The zero-order valence-electron chi connectivity index (χ0n) is 19.5. The fourth-order valence-corrected chi connectivity index (χ4v) is 4.36. The van der Waals surface area contributed by atoms with Crippen LogP contribution in [0, 0.1) is 11.8 Å². The van der Waals surface area contributed by atoms with Crippen molar-refractivity contribution in [3.05, 3.63) is 41.3 Å². The lowest BCUT2D eigenvalue weighted by molar-refractivity contribution is -0.122. The summed E-state index contributed by atoms with van der Waals surface area (Å²) >= 11 is 0. The van der Waals surface area contributed by atoms with Crippen molar-refractivity contribution >= 4 is 5.78 Å². The van der Waals surface area contributed by atoms with Crippen molar-refractivity contribution in [3.8, 4) is 5.75 Å². The van der Waals surface area contributed by atoms with Crippen molar-refractivity contribution in [1.82, 2.24) is 10.4 Å². The Morgan fingerprint density at radius 2 is 2.19 bits per heavy atom. The molecule has 3 aliphatic rings. The number of ketones is 1. The second kappa shape index (κ2) is 10.7. The van der Waals surface area contributed by atoms with Gasteiger partial charge in [0.05, 0.1) is 19.8 Å². The molecule has 0 saturated carbocycles. The summed E-state index contributed by atoms with van der Waals surface area (Å²) in [5.74, 6) is 2.53. The Kier molecular flexibility index (Phi) is 7.71. The number of hydrazine groups is 1. The van der Waals surface area contributed by atoms with Gasteiger partial charge in [0.2, 0.25) is 5.88 Å². The summed E-state index contributed by atoms with van der Waals surface area (Å²) in [6, 6.07) is 5.87. The number of Topliss-reactive ketones (excluding diaryl/α,β-unsaturated/α-hetero) is 1. The number of nitrogens with one attached hydrogen (secondary N) is 1. The number of hydrogen-bond acceptors (Lipinski definition) is 7. The topological polar surface area (TPSA) is 69.3 Å². The van der Waals surface area contributed by atoms with Crippen molar-refractivity contribution in [2.24, 2.45) is 11.8 Å². The lowest BCUT2D eigenvalue weighted by Gasteiger charge is -2.33. The normalized spacial score (nSPS) is 24.4. The van der Waals surface area contributed by atoms with Gasteiger partial charge in [-0.3, -0.25) is 9.80 Å². The predicted octanol–water partition coefficient (Wildman–Crippen LogP) is 3.23. The molecule has 0 bridgehead atoms. The molecule has 0 radical (unpaired) electrons. The van der Waals surface area contributed by atoms with Gasteiger partial charge < -0.3 is 18.9 Å². The molecule has 7 heteroatoms. The van der Waals surface area contributed by atoms with Gasteiger partial charge in [0.15, 0.2) is 5.78 Å². The van der Waals surface area contributed by atoms with E-state index in [0.717, 1.165) is 48.8 Å². The van der Waals surface area contributed by atoms with Crippen molar-refractivity contribution in [2.45, 2.75) is 58.8 Å². The highest BCUT2D eigenvalue weighted by Gasteiger charge is 2.35. The van der Waals surface area contributed by atoms with Gasteiger partial charge in [-0.25, -0.2) is 5.43 Å². The Morgan fingerprint density at radius 1 is 1.31 bits per heavy atom. The first-order chi connectivity index (χ1) is 15.5. The minimum atomic E-state index is -0.342. The van der Waals surface area contributed by atoms with Gasteiger partial charge in [0, 0.05) is 44.6 Å². The van der Waals surface area contributed by atoms with Gasteiger partial charge in [0.25, 0.3) is 0 Å². The third kappa shape index (κ3) is 5.82. The molecule has 3 unspecified atom stereocenters. The Balaban J connectivity index is 1.29. The average Bonchev–Trinajstić information content (AvgIpc) is 3.21. The first kappa shape index (κ1) is 23.1. The molecule has 1 fully saturated rings. The van der Waals surface area contributed by atoms with Crippen LogP contribution in [0.4, 0.5) is 0 Å². The molecule has 3 atom stereocenters. The average molecular weight is 445 g/mol. The highest BCUT2D eigenvalue weighted by molar-refractivity contribution is 5.86. The lowest BCUT2D eigenvalue weighted by Crippen LogP contribution is -2.46. The van der Waals surface area contributed by atoms with Crippen molar-refractivity contribution in [2.75, 3.05) is 33.0 Å². The van der Waals surface area contributed by atoms with E-state index in [0.29, 0.717) is 38.8 Å². The maximum Gasteiger partial charge on any atom is 0.202 e. The quantitative estimate of drug-likeness (QED) is 0.594. The Hall–Kier alpha value is -2.09. The minimum Gasteiger partial charge on any atom is -0.493 e. The van der Waals surface area contributed by atoms with E-state index >= 15 is 0 Å². The fraction of sp³-hybridized carbons (Fsp3) is 0.640. The smallest absolute Gasteiger partial charge is 0.202 e. The van der Waals surface area contributed by atoms with Gasteiger partial charge in [-0.1, -0.05) is 19.9 Å². The molecule has 32 heavy (non-hydrogen) atoms. The second-order valence-electron chi connectivity index (χ2n) is 9.35. The standard InChI is InChI=1S/C25H36N2O5/c1-4-29-14-18-5-6-24-20(9-18)10-19(15-31-24)11-23(28)22-12-25-27(26-22)8-7-21(32-25)16-30-13-17(2)3/h5-6,9,12,17,19,21-22,26H,4,7-8,10-11,13-16H2,1-3H3. The molecule has 3 aliphatic heterocycles. The molecule has 1 aromatic rings. The number of fused-ring (bicyclic) bond motifs is 2. The molecule has 1 N–H and O–H groups in total. The molecular weight excluding hydrogens is 408 g/mol. The van der Waals surface area contributed by atoms with Crippen LogP contribution < -0.4 is 10.2 Å². The lowest BCUT2D eigenvalue weighted by atomic mass is 9.90. The van der Waals surface area contributed by atoms with E-state index in [1.807, 2.05) is 30.1 Å². The van der Waals surface area contributed by atoms with E-state index in [2.05, 4.69) is 25.3 Å². The summed E-state index contributed by atoms with van der Waals surface area (Å²) in [7, 11) is 0. The first-order valence-electron chi connectivity index (χ1n) is 11.9. The van der Waals surface area contributed by atoms with Crippen LogP contribution in [0.1, 0.15) is 44.7 Å². The SMILES string of the molecule is CCOCc1ccc2c(c1)CC(CC(=O)C1C=C3OC(COCC(C)C)CCN3N1)CO2. The molecule has 4 rings (SSSR count). The third-order valence-corrected chi connectivity index (χ3v) is 6.00. The van der Waals surface area contributed by atoms with Crippen LogP contribution in [0.3, 0.4) is 0 Å². The van der Waals surface area contributed by atoms with Crippen molar-refractivity contribution in [1.29, 1.82) is 0 Å².